The van der Waals surface area contributed by atoms with E-state index in [1.807, 2.05) is 6.92 Å². The highest BCUT2D eigenvalue weighted by molar-refractivity contribution is 5.80. The lowest BCUT2D eigenvalue weighted by molar-refractivity contribution is -0.888. The number of aliphatic hydroxyl groups is 1. The molecule has 8 atom stereocenters. The van der Waals surface area contributed by atoms with Crippen molar-refractivity contribution in [2.75, 3.05) is 14.1 Å². The second-order valence-corrected chi connectivity index (χ2v) is 10.7. The van der Waals surface area contributed by atoms with E-state index in [0.717, 1.165) is 31.1 Å². The Morgan fingerprint density at radius 2 is 1.92 bits per heavy atom. The van der Waals surface area contributed by atoms with Crippen LogP contribution in [-0.2, 0) is 4.79 Å². The first-order chi connectivity index (χ1) is 12.2. The fourth-order valence-electron chi connectivity index (χ4n) is 8.01. The van der Waals surface area contributed by atoms with Crippen molar-refractivity contribution in [1.29, 1.82) is 0 Å². The van der Waals surface area contributed by atoms with E-state index < -0.39 is 0 Å². The largest absolute Gasteiger partial charge is 0.393 e. The maximum atomic E-state index is 12.7. The van der Waals surface area contributed by atoms with E-state index in [4.69, 9.17) is 0 Å². The van der Waals surface area contributed by atoms with Gasteiger partial charge in [0.1, 0.15) is 5.78 Å². The van der Waals surface area contributed by atoms with Gasteiger partial charge in [0.25, 0.3) is 0 Å². The Labute approximate surface area is 159 Å². The number of carbonyl (C=O) groups is 1. The van der Waals surface area contributed by atoms with Gasteiger partial charge in [0.05, 0.1) is 32.2 Å². The van der Waals surface area contributed by atoms with Crippen molar-refractivity contribution in [2.24, 2.45) is 34.5 Å². The van der Waals surface area contributed by atoms with Crippen molar-refractivity contribution in [3.63, 3.8) is 0 Å². The summed E-state index contributed by atoms with van der Waals surface area (Å²) in [5.74, 6) is 2.79. The van der Waals surface area contributed by atoms with Crippen LogP contribution in [0.25, 0.3) is 0 Å². The van der Waals surface area contributed by atoms with Gasteiger partial charge in [0, 0.05) is 6.42 Å². The van der Waals surface area contributed by atoms with E-state index in [0.29, 0.717) is 17.7 Å². The first kappa shape index (κ1) is 18.7. The van der Waals surface area contributed by atoms with Crippen LogP contribution in [0.3, 0.4) is 0 Å². The molecule has 0 radical (unpaired) electrons. The molecule has 0 heterocycles. The van der Waals surface area contributed by atoms with Crippen LogP contribution in [0.15, 0.2) is 11.6 Å². The molecule has 0 aromatic heterocycles. The fraction of sp³-hybridized carbons (Fsp3) is 0.870. The van der Waals surface area contributed by atoms with Crippen molar-refractivity contribution in [2.45, 2.75) is 77.9 Å². The van der Waals surface area contributed by atoms with Crippen LogP contribution in [0.5, 0.6) is 0 Å². The zero-order chi connectivity index (χ0) is 18.9. The number of rotatable bonds is 2. The SMILES string of the molecule is CC(=O)[C@@H]1[C@H]([NH+](C)C)C[C@@H]2[C@H]3CC=C4C[C@@H](O)CC[C@]4(C)[C@@H]3CC[C@@]21C. The standard InChI is InChI=1S/C23H37NO2/c1-14(25)21-20(24(4)5)13-19-17-7-6-15-12-16(26)8-10-22(15,2)18(17)9-11-23(19,21)3/h6,16-21,26H,7-13H2,1-5H3/p+1/t16-,17-,18+,19+,20+,21+,22-,23-/m0/s1. The fourth-order valence-corrected chi connectivity index (χ4v) is 8.01. The van der Waals surface area contributed by atoms with Gasteiger partial charge in [-0.05, 0) is 74.0 Å². The van der Waals surface area contributed by atoms with E-state index >= 15 is 0 Å². The van der Waals surface area contributed by atoms with Crippen molar-refractivity contribution in [3.8, 4) is 0 Å². The molecule has 0 aromatic carbocycles. The molecule has 3 nitrogen and oxygen atoms in total. The zero-order valence-electron chi connectivity index (χ0n) is 17.3. The second-order valence-electron chi connectivity index (χ2n) is 10.7. The number of ketones is 1. The summed E-state index contributed by atoms with van der Waals surface area (Å²) >= 11 is 0. The molecule has 3 heteroatoms. The summed E-state index contributed by atoms with van der Waals surface area (Å²) in [6, 6.07) is 0.479. The van der Waals surface area contributed by atoms with Gasteiger partial charge in [-0.25, -0.2) is 0 Å². The highest BCUT2D eigenvalue weighted by atomic mass is 16.3. The smallest absolute Gasteiger partial charge is 0.139 e. The predicted molar refractivity (Wildman–Crippen MR) is 104 cm³/mol. The molecule has 0 spiro atoms. The molecular weight excluding hydrogens is 322 g/mol. The summed E-state index contributed by atoms with van der Waals surface area (Å²) in [6.45, 7) is 6.76. The Bertz CT molecular complexity index is 626. The topological polar surface area (TPSA) is 41.7 Å². The Morgan fingerprint density at radius 1 is 1.19 bits per heavy atom. The van der Waals surface area contributed by atoms with Crippen molar-refractivity contribution in [1.82, 2.24) is 0 Å². The summed E-state index contributed by atoms with van der Waals surface area (Å²) in [6.07, 6.45) is 10.2. The number of hydrogen-bond donors (Lipinski definition) is 2. The molecule has 3 saturated carbocycles. The monoisotopic (exact) mass is 360 g/mol. The van der Waals surface area contributed by atoms with Crippen LogP contribution in [0, 0.1) is 34.5 Å². The minimum atomic E-state index is -0.130. The molecule has 4 aliphatic rings. The predicted octanol–water partition coefficient (Wildman–Crippen LogP) is 2.64. The summed E-state index contributed by atoms with van der Waals surface area (Å²) in [5.41, 5.74) is 2.01. The summed E-state index contributed by atoms with van der Waals surface area (Å²) in [5, 5.41) is 10.2. The number of quaternary nitrogens is 1. The van der Waals surface area contributed by atoms with Gasteiger partial charge in [0.2, 0.25) is 0 Å². The number of nitrogens with one attached hydrogen (secondary N) is 1. The molecule has 146 valence electrons. The van der Waals surface area contributed by atoms with Gasteiger partial charge < -0.3 is 10.0 Å². The summed E-state index contributed by atoms with van der Waals surface area (Å²) in [7, 11) is 4.48. The van der Waals surface area contributed by atoms with E-state index in [1.54, 1.807) is 0 Å². The molecule has 4 rings (SSSR count). The van der Waals surface area contributed by atoms with Crippen LogP contribution >= 0.6 is 0 Å². The molecule has 2 N–H and O–H groups in total. The maximum absolute atomic E-state index is 12.7. The van der Waals surface area contributed by atoms with E-state index in [1.165, 1.54) is 36.2 Å². The van der Waals surface area contributed by atoms with Gasteiger partial charge >= 0.3 is 0 Å². The van der Waals surface area contributed by atoms with Crippen LogP contribution in [0.1, 0.15) is 65.7 Å². The first-order valence-corrected chi connectivity index (χ1v) is 10.9. The molecule has 3 fully saturated rings. The van der Waals surface area contributed by atoms with Crippen molar-refractivity contribution in [3.05, 3.63) is 11.6 Å². The Kier molecular flexibility index (Phi) is 4.43. The average molecular weight is 361 g/mol. The van der Waals surface area contributed by atoms with Gasteiger partial charge in [-0.15, -0.1) is 0 Å². The van der Waals surface area contributed by atoms with Crippen molar-refractivity contribution >= 4 is 5.78 Å². The lowest BCUT2D eigenvalue weighted by atomic mass is 9.47. The van der Waals surface area contributed by atoms with Crippen LogP contribution < -0.4 is 4.90 Å². The average Bonchev–Trinajstić information content (AvgIpc) is 2.89. The van der Waals surface area contributed by atoms with E-state index in [2.05, 4.69) is 34.0 Å². The molecule has 26 heavy (non-hydrogen) atoms. The summed E-state index contributed by atoms with van der Waals surface area (Å²) in [4.78, 5) is 14.1. The maximum Gasteiger partial charge on any atom is 0.139 e. The molecule has 0 amide bonds. The minimum absolute atomic E-state index is 0.130. The van der Waals surface area contributed by atoms with Crippen LogP contribution in [0.4, 0.5) is 0 Å². The molecule has 0 unspecified atom stereocenters. The molecule has 4 aliphatic carbocycles. The van der Waals surface area contributed by atoms with E-state index in [-0.39, 0.29) is 22.9 Å². The number of aliphatic hydroxyl groups excluding tert-OH is 1. The number of Topliss-reactive ketones (excluding diaryl/α,β-unsaturated/α-hetero) is 1. The molecule has 0 aliphatic heterocycles. The van der Waals surface area contributed by atoms with Crippen molar-refractivity contribution < 1.29 is 14.8 Å². The third kappa shape index (κ3) is 2.49. The summed E-state index contributed by atoms with van der Waals surface area (Å²) < 4.78 is 0. The number of carbonyl (C=O) groups excluding carboxylic acids is 1. The lowest BCUT2D eigenvalue weighted by Gasteiger charge is -2.57. The first-order valence-electron chi connectivity index (χ1n) is 10.9. The van der Waals surface area contributed by atoms with Crippen LogP contribution in [-0.4, -0.2) is 37.1 Å². The number of fused-ring (bicyclic) bond motifs is 5. The molecule has 0 aromatic rings. The molecule has 0 saturated heterocycles. The Balaban J connectivity index is 1.69. The van der Waals surface area contributed by atoms with E-state index in [9.17, 15) is 9.90 Å². The molecular formula is C23H38NO2+. The number of allylic oxidation sites excluding steroid dienone is 1. The molecule has 0 bridgehead atoms. The third-order valence-electron chi connectivity index (χ3n) is 9.32. The quantitative estimate of drug-likeness (QED) is 0.744. The van der Waals surface area contributed by atoms with Gasteiger partial charge in [0.15, 0.2) is 0 Å². The highest BCUT2D eigenvalue weighted by Crippen LogP contribution is 2.66. The van der Waals surface area contributed by atoms with Gasteiger partial charge in [-0.2, -0.15) is 0 Å². The minimum Gasteiger partial charge on any atom is -0.393 e. The zero-order valence-corrected chi connectivity index (χ0v) is 17.3. The normalized spacial score (nSPS) is 50.7. The van der Waals surface area contributed by atoms with Gasteiger partial charge in [-0.1, -0.05) is 25.5 Å². The Morgan fingerprint density at radius 3 is 2.58 bits per heavy atom. The van der Waals surface area contributed by atoms with Crippen LogP contribution in [0.2, 0.25) is 0 Å². The third-order valence-corrected chi connectivity index (χ3v) is 9.32. The highest BCUT2D eigenvalue weighted by Gasteiger charge is 2.63. The second kappa shape index (κ2) is 6.17. The Hall–Kier alpha value is -0.670. The lowest BCUT2D eigenvalue weighted by Crippen LogP contribution is -3.10. The van der Waals surface area contributed by atoms with Gasteiger partial charge in [-0.3, -0.25) is 4.79 Å². The number of hydrogen-bond acceptors (Lipinski definition) is 2.